The number of nitrogens with zero attached hydrogens (tertiary/aromatic N) is 1. The maximum absolute atomic E-state index is 12.1. The van der Waals surface area contributed by atoms with Crippen molar-refractivity contribution in [3.8, 4) is 0 Å². The summed E-state index contributed by atoms with van der Waals surface area (Å²) in [5.74, 6) is -0.166. The second-order valence-corrected chi connectivity index (χ2v) is 7.72. The highest BCUT2D eigenvalue weighted by molar-refractivity contribution is 9.10. The molecule has 0 fully saturated rings. The van der Waals surface area contributed by atoms with Gasteiger partial charge in [-0.15, -0.1) is 11.8 Å². The standard InChI is InChI=1S/C18H20BrN3O2S/c1-13(25-16-4-2-15(19)3-5-16)18(24)21-11-8-17(23)22-12-14-6-9-20-10-7-14/h2-7,9-10,13H,8,11-12H2,1H3,(H,21,24)(H,22,23). The number of benzene rings is 1. The summed E-state index contributed by atoms with van der Waals surface area (Å²) in [5.41, 5.74) is 0.993. The van der Waals surface area contributed by atoms with E-state index in [2.05, 4.69) is 31.5 Å². The first kappa shape index (κ1) is 19.5. The summed E-state index contributed by atoms with van der Waals surface area (Å²) in [5, 5.41) is 5.40. The van der Waals surface area contributed by atoms with Crippen LogP contribution in [-0.2, 0) is 16.1 Å². The monoisotopic (exact) mass is 421 g/mol. The van der Waals surface area contributed by atoms with Crippen molar-refractivity contribution in [2.24, 2.45) is 0 Å². The number of aromatic nitrogens is 1. The van der Waals surface area contributed by atoms with E-state index >= 15 is 0 Å². The van der Waals surface area contributed by atoms with E-state index in [0.717, 1.165) is 14.9 Å². The molecule has 1 aromatic carbocycles. The minimum absolute atomic E-state index is 0.0742. The highest BCUT2D eigenvalue weighted by atomic mass is 79.9. The lowest BCUT2D eigenvalue weighted by Gasteiger charge is -2.12. The molecular formula is C18H20BrN3O2S. The van der Waals surface area contributed by atoms with Gasteiger partial charge in [-0.3, -0.25) is 14.6 Å². The summed E-state index contributed by atoms with van der Waals surface area (Å²) < 4.78 is 1.01. The van der Waals surface area contributed by atoms with Gasteiger partial charge in [0, 0.05) is 41.3 Å². The van der Waals surface area contributed by atoms with Gasteiger partial charge in [0.25, 0.3) is 0 Å². The van der Waals surface area contributed by atoms with Crippen LogP contribution < -0.4 is 10.6 Å². The van der Waals surface area contributed by atoms with Gasteiger partial charge >= 0.3 is 0 Å². The van der Waals surface area contributed by atoms with Crippen molar-refractivity contribution in [3.63, 3.8) is 0 Å². The number of hydrogen-bond acceptors (Lipinski definition) is 4. The summed E-state index contributed by atoms with van der Waals surface area (Å²) in [6, 6.07) is 11.5. The predicted octanol–water partition coefficient (Wildman–Crippen LogP) is 3.15. The normalized spacial score (nSPS) is 11.6. The van der Waals surface area contributed by atoms with E-state index < -0.39 is 0 Å². The Morgan fingerprint density at radius 1 is 1.12 bits per heavy atom. The molecule has 1 heterocycles. The molecule has 1 unspecified atom stereocenters. The van der Waals surface area contributed by atoms with Crippen LogP contribution in [0.2, 0.25) is 0 Å². The van der Waals surface area contributed by atoms with Gasteiger partial charge in [-0.05, 0) is 48.9 Å². The average Bonchev–Trinajstić information content (AvgIpc) is 2.62. The Morgan fingerprint density at radius 3 is 2.48 bits per heavy atom. The Balaban J connectivity index is 1.65. The van der Waals surface area contributed by atoms with Gasteiger partial charge < -0.3 is 10.6 Å². The summed E-state index contributed by atoms with van der Waals surface area (Å²) in [6.45, 7) is 2.64. The van der Waals surface area contributed by atoms with Crippen molar-refractivity contribution in [1.29, 1.82) is 0 Å². The lowest BCUT2D eigenvalue weighted by atomic mass is 10.2. The molecule has 0 spiro atoms. The number of pyridine rings is 1. The lowest BCUT2D eigenvalue weighted by Crippen LogP contribution is -2.34. The maximum atomic E-state index is 12.1. The van der Waals surface area contributed by atoms with Crippen LogP contribution in [-0.4, -0.2) is 28.6 Å². The third-order valence-electron chi connectivity index (χ3n) is 3.39. The molecule has 0 bridgehead atoms. The van der Waals surface area contributed by atoms with Gasteiger partial charge in [0.2, 0.25) is 11.8 Å². The van der Waals surface area contributed by atoms with Gasteiger partial charge in [-0.1, -0.05) is 15.9 Å². The number of hydrogen-bond donors (Lipinski definition) is 2. The van der Waals surface area contributed by atoms with Crippen LogP contribution in [0.1, 0.15) is 18.9 Å². The Labute approximate surface area is 160 Å². The number of nitrogens with one attached hydrogen (secondary N) is 2. The molecule has 1 aromatic heterocycles. The minimum Gasteiger partial charge on any atom is -0.355 e. The fourth-order valence-electron chi connectivity index (χ4n) is 2.00. The van der Waals surface area contributed by atoms with E-state index in [0.29, 0.717) is 13.1 Å². The summed E-state index contributed by atoms with van der Waals surface area (Å²) in [4.78, 5) is 28.9. The Hall–Kier alpha value is -1.86. The van der Waals surface area contributed by atoms with Crippen LogP contribution in [0.25, 0.3) is 0 Å². The van der Waals surface area contributed by atoms with Crippen LogP contribution in [0, 0.1) is 0 Å². The minimum atomic E-state index is -0.221. The third-order valence-corrected chi connectivity index (χ3v) is 5.03. The molecule has 7 heteroatoms. The molecule has 5 nitrogen and oxygen atoms in total. The van der Waals surface area contributed by atoms with Crippen LogP contribution >= 0.6 is 27.7 Å². The number of amides is 2. The summed E-state index contributed by atoms with van der Waals surface area (Å²) in [7, 11) is 0. The van der Waals surface area contributed by atoms with Crippen molar-refractivity contribution < 1.29 is 9.59 Å². The van der Waals surface area contributed by atoms with Crippen LogP contribution in [0.3, 0.4) is 0 Å². The molecule has 2 N–H and O–H groups in total. The quantitative estimate of drug-likeness (QED) is 0.642. The molecule has 0 aliphatic heterocycles. The molecule has 2 amide bonds. The van der Waals surface area contributed by atoms with Gasteiger partial charge in [-0.25, -0.2) is 0 Å². The van der Waals surface area contributed by atoms with Crippen molar-refractivity contribution in [1.82, 2.24) is 15.6 Å². The molecular weight excluding hydrogens is 402 g/mol. The van der Waals surface area contributed by atoms with Crippen molar-refractivity contribution in [2.75, 3.05) is 6.54 Å². The van der Waals surface area contributed by atoms with Crippen LogP contribution in [0.5, 0.6) is 0 Å². The van der Waals surface area contributed by atoms with Gasteiger partial charge in [0.1, 0.15) is 0 Å². The average molecular weight is 422 g/mol. The molecule has 25 heavy (non-hydrogen) atoms. The fourth-order valence-corrected chi connectivity index (χ4v) is 3.16. The van der Waals surface area contributed by atoms with Crippen LogP contribution in [0.15, 0.2) is 58.2 Å². The predicted molar refractivity (Wildman–Crippen MR) is 103 cm³/mol. The molecule has 0 radical (unpaired) electrons. The first-order valence-corrected chi connectivity index (χ1v) is 9.57. The Kier molecular flexibility index (Phi) is 7.94. The number of rotatable bonds is 8. The van der Waals surface area contributed by atoms with E-state index in [1.807, 2.05) is 43.3 Å². The van der Waals surface area contributed by atoms with E-state index in [9.17, 15) is 9.59 Å². The highest BCUT2D eigenvalue weighted by Gasteiger charge is 2.14. The first-order valence-electron chi connectivity index (χ1n) is 7.90. The molecule has 0 aliphatic carbocycles. The molecule has 0 aliphatic rings. The van der Waals surface area contributed by atoms with Crippen LogP contribution in [0.4, 0.5) is 0 Å². The number of carbonyl (C=O) groups excluding carboxylic acids is 2. The zero-order valence-electron chi connectivity index (χ0n) is 13.9. The second kappa shape index (κ2) is 10.2. The van der Waals surface area contributed by atoms with E-state index in [1.54, 1.807) is 12.4 Å². The summed E-state index contributed by atoms with van der Waals surface area (Å²) >= 11 is 4.87. The molecule has 132 valence electrons. The molecule has 2 aromatic rings. The fraction of sp³-hybridized carbons (Fsp3) is 0.278. The van der Waals surface area contributed by atoms with Gasteiger partial charge in [0.15, 0.2) is 0 Å². The Bertz CT molecular complexity index is 695. The molecule has 0 saturated carbocycles. The highest BCUT2D eigenvalue weighted by Crippen LogP contribution is 2.24. The Morgan fingerprint density at radius 2 is 1.80 bits per heavy atom. The van der Waals surface area contributed by atoms with Crippen molar-refractivity contribution in [2.45, 2.75) is 30.0 Å². The third kappa shape index (κ3) is 7.27. The molecule has 1 atom stereocenters. The second-order valence-electron chi connectivity index (χ2n) is 5.39. The maximum Gasteiger partial charge on any atom is 0.233 e. The van der Waals surface area contributed by atoms with Crippen molar-refractivity contribution >= 4 is 39.5 Å². The number of thioether (sulfide) groups is 1. The largest absolute Gasteiger partial charge is 0.355 e. The van der Waals surface area contributed by atoms with Gasteiger partial charge in [0.05, 0.1) is 5.25 Å². The molecule has 2 rings (SSSR count). The van der Waals surface area contributed by atoms with E-state index in [1.165, 1.54) is 11.8 Å². The van der Waals surface area contributed by atoms with Gasteiger partial charge in [-0.2, -0.15) is 0 Å². The molecule has 0 saturated heterocycles. The zero-order valence-corrected chi connectivity index (χ0v) is 16.3. The topological polar surface area (TPSA) is 71.1 Å². The first-order chi connectivity index (χ1) is 12.0. The zero-order chi connectivity index (χ0) is 18.1. The number of carbonyl (C=O) groups is 2. The lowest BCUT2D eigenvalue weighted by molar-refractivity contribution is -0.122. The van der Waals surface area contributed by atoms with Crippen molar-refractivity contribution in [3.05, 3.63) is 58.8 Å². The van der Waals surface area contributed by atoms with E-state index in [-0.39, 0.29) is 23.5 Å². The smallest absolute Gasteiger partial charge is 0.233 e. The SMILES string of the molecule is CC(Sc1ccc(Br)cc1)C(=O)NCCC(=O)NCc1ccncc1. The number of halogens is 1. The van der Waals surface area contributed by atoms with E-state index in [4.69, 9.17) is 0 Å². The summed E-state index contributed by atoms with van der Waals surface area (Å²) in [6.07, 6.45) is 3.63.